The van der Waals surface area contributed by atoms with Crippen LogP contribution in [0.4, 0.5) is 10.1 Å². The molecule has 2 aromatic heterocycles. The molecular weight excluding hydrogens is 365 g/mol. The van der Waals surface area contributed by atoms with E-state index in [1.54, 1.807) is 17.0 Å². The molecular formula is C16H13ClFN5OS. The maximum Gasteiger partial charge on any atom is 0.234 e. The van der Waals surface area contributed by atoms with E-state index in [0.29, 0.717) is 11.0 Å². The molecule has 0 spiro atoms. The molecule has 0 aliphatic heterocycles. The van der Waals surface area contributed by atoms with Crippen LogP contribution < -0.4 is 5.32 Å². The van der Waals surface area contributed by atoms with E-state index >= 15 is 0 Å². The first kappa shape index (κ1) is 17.4. The average molecular weight is 378 g/mol. The second-order valence-corrected chi connectivity index (χ2v) is 6.44. The third kappa shape index (κ3) is 4.15. The number of rotatable bonds is 5. The normalized spacial score (nSPS) is 10.7. The van der Waals surface area contributed by atoms with Crippen molar-refractivity contribution < 1.29 is 9.18 Å². The molecule has 1 amide bonds. The number of hydrogen-bond acceptors (Lipinski definition) is 5. The minimum atomic E-state index is -0.579. The lowest BCUT2D eigenvalue weighted by Crippen LogP contribution is -2.15. The Morgan fingerprint density at radius 3 is 2.76 bits per heavy atom. The van der Waals surface area contributed by atoms with Crippen molar-refractivity contribution in [2.75, 3.05) is 11.1 Å². The number of amides is 1. The van der Waals surface area contributed by atoms with Crippen molar-refractivity contribution in [1.82, 2.24) is 19.7 Å². The van der Waals surface area contributed by atoms with Gasteiger partial charge in [-0.05, 0) is 30.3 Å². The van der Waals surface area contributed by atoms with Crippen LogP contribution in [-0.2, 0) is 11.8 Å². The summed E-state index contributed by atoms with van der Waals surface area (Å²) in [4.78, 5) is 16.0. The molecule has 6 nitrogen and oxygen atoms in total. The molecule has 2 heterocycles. The Hall–Kier alpha value is -2.45. The summed E-state index contributed by atoms with van der Waals surface area (Å²) >= 11 is 6.90. The molecule has 0 radical (unpaired) electrons. The summed E-state index contributed by atoms with van der Waals surface area (Å²) in [6.07, 6.45) is 3.34. The molecule has 0 aliphatic rings. The Morgan fingerprint density at radius 2 is 2.04 bits per heavy atom. The van der Waals surface area contributed by atoms with Gasteiger partial charge in [-0.3, -0.25) is 9.78 Å². The first-order valence-corrected chi connectivity index (χ1v) is 8.58. The molecule has 9 heteroatoms. The summed E-state index contributed by atoms with van der Waals surface area (Å²) in [6, 6.07) is 7.73. The van der Waals surface area contributed by atoms with E-state index in [4.69, 9.17) is 11.6 Å². The van der Waals surface area contributed by atoms with Gasteiger partial charge in [-0.1, -0.05) is 23.4 Å². The first-order valence-electron chi connectivity index (χ1n) is 7.22. The fourth-order valence-electron chi connectivity index (χ4n) is 2.10. The van der Waals surface area contributed by atoms with Crippen molar-refractivity contribution in [1.29, 1.82) is 0 Å². The molecule has 0 unspecified atom stereocenters. The van der Waals surface area contributed by atoms with Crippen LogP contribution in [0.3, 0.4) is 0 Å². The minimum absolute atomic E-state index is 0.0738. The number of anilines is 1. The zero-order valence-corrected chi connectivity index (χ0v) is 14.7. The Balaban J connectivity index is 1.64. The molecule has 3 rings (SSSR count). The van der Waals surface area contributed by atoms with E-state index < -0.39 is 5.82 Å². The highest BCUT2D eigenvalue weighted by Gasteiger charge is 2.14. The van der Waals surface area contributed by atoms with Gasteiger partial charge in [0, 0.05) is 30.0 Å². The Morgan fingerprint density at radius 1 is 1.28 bits per heavy atom. The lowest BCUT2D eigenvalue weighted by atomic mass is 10.2. The largest absolute Gasteiger partial charge is 0.323 e. The predicted molar refractivity (Wildman–Crippen MR) is 95.0 cm³/mol. The SMILES string of the molecule is Cn1c(SCC(=O)Nc2ccc(Cl)cc2F)nnc1-c1ccncc1. The number of halogens is 2. The Labute approximate surface area is 152 Å². The maximum atomic E-state index is 13.7. The standard InChI is InChI=1S/C16H13ClFN5OS/c1-23-15(10-4-6-19-7-5-10)21-22-16(23)25-9-14(24)20-13-3-2-11(17)8-12(13)18/h2-8H,9H2,1H3,(H,20,24). The van der Waals surface area contributed by atoms with Crippen LogP contribution in [0, 0.1) is 5.82 Å². The highest BCUT2D eigenvalue weighted by atomic mass is 35.5. The number of nitrogens with zero attached hydrogens (tertiary/aromatic N) is 4. The van der Waals surface area contributed by atoms with Gasteiger partial charge in [0.1, 0.15) is 5.82 Å². The van der Waals surface area contributed by atoms with Crippen molar-refractivity contribution in [2.45, 2.75) is 5.16 Å². The average Bonchev–Trinajstić information content (AvgIpc) is 2.97. The predicted octanol–water partition coefficient (Wildman–Crippen LogP) is 3.40. The third-order valence-corrected chi connectivity index (χ3v) is 4.57. The van der Waals surface area contributed by atoms with E-state index in [0.717, 1.165) is 11.6 Å². The topological polar surface area (TPSA) is 72.7 Å². The summed E-state index contributed by atoms with van der Waals surface area (Å²) in [5, 5.41) is 11.6. The summed E-state index contributed by atoms with van der Waals surface area (Å²) in [6.45, 7) is 0. The third-order valence-electron chi connectivity index (χ3n) is 3.31. The van der Waals surface area contributed by atoms with Crippen molar-refractivity contribution in [3.8, 4) is 11.4 Å². The molecule has 0 bridgehead atoms. The number of hydrogen-bond donors (Lipinski definition) is 1. The van der Waals surface area contributed by atoms with Gasteiger partial charge in [-0.2, -0.15) is 0 Å². The van der Waals surface area contributed by atoms with E-state index in [1.165, 1.54) is 23.9 Å². The van der Waals surface area contributed by atoms with Crippen LogP contribution in [-0.4, -0.2) is 31.4 Å². The summed E-state index contributed by atoms with van der Waals surface area (Å²) in [7, 11) is 1.81. The van der Waals surface area contributed by atoms with Gasteiger partial charge in [-0.15, -0.1) is 10.2 Å². The molecule has 0 fully saturated rings. The summed E-state index contributed by atoms with van der Waals surface area (Å²) in [5.41, 5.74) is 0.968. The molecule has 0 atom stereocenters. The van der Waals surface area contributed by atoms with Gasteiger partial charge in [0.25, 0.3) is 0 Å². The molecule has 25 heavy (non-hydrogen) atoms. The number of carbonyl (C=O) groups excluding carboxylic acids is 1. The number of thioether (sulfide) groups is 1. The van der Waals surface area contributed by atoms with Gasteiger partial charge in [0.05, 0.1) is 11.4 Å². The number of carbonyl (C=O) groups is 1. The second kappa shape index (κ2) is 7.62. The second-order valence-electron chi connectivity index (χ2n) is 5.06. The van der Waals surface area contributed by atoms with Gasteiger partial charge in [0.2, 0.25) is 5.91 Å². The Bertz CT molecular complexity index is 903. The van der Waals surface area contributed by atoms with Crippen LogP contribution >= 0.6 is 23.4 Å². The van der Waals surface area contributed by atoms with Gasteiger partial charge >= 0.3 is 0 Å². The van der Waals surface area contributed by atoms with Crippen molar-refractivity contribution in [2.24, 2.45) is 7.05 Å². The summed E-state index contributed by atoms with van der Waals surface area (Å²) in [5.74, 6) is -0.178. The maximum absolute atomic E-state index is 13.7. The van der Waals surface area contributed by atoms with Gasteiger partial charge in [-0.25, -0.2) is 4.39 Å². The van der Waals surface area contributed by atoms with Gasteiger partial charge < -0.3 is 9.88 Å². The smallest absolute Gasteiger partial charge is 0.234 e. The highest BCUT2D eigenvalue weighted by molar-refractivity contribution is 7.99. The first-order chi connectivity index (χ1) is 12.0. The van der Waals surface area contributed by atoms with Crippen LogP contribution in [0.15, 0.2) is 47.9 Å². The number of nitrogens with one attached hydrogen (secondary N) is 1. The van der Waals surface area contributed by atoms with Crippen LogP contribution in [0.25, 0.3) is 11.4 Å². The number of benzene rings is 1. The molecule has 1 aromatic carbocycles. The minimum Gasteiger partial charge on any atom is -0.323 e. The lowest BCUT2D eigenvalue weighted by molar-refractivity contribution is -0.113. The summed E-state index contributed by atoms with van der Waals surface area (Å²) < 4.78 is 15.5. The van der Waals surface area contributed by atoms with Crippen molar-refractivity contribution in [3.05, 3.63) is 53.6 Å². The monoisotopic (exact) mass is 377 g/mol. The van der Waals surface area contributed by atoms with Crippen LogP contribution in [0.1, 0.15) is 0 Å². The molecule has 0 saturated heterocycles. The van der Waals surface area contributed by atoms with Gasteiger partial charge in [0.15, 0.2) is 11.0 Å². The molecule has 3 aromatic rings. The van der Waals surface area contributed by atoms with Crippen molar-refractivity contribution >= 4 is 35.0 Å². The molecule has 0 saturated carbocycles. The van der Waals surface area contributed by atoms with E-state index in [9.17, 15) is 9.18 Å². The fourth-order valence-corrected chi connectivity index (χ4v) is 2.97. The fraction of sp³-hybridized carbons (Fsp3) is 0.125. The Kier molecular flexibility index (Phi) is 5.30. The van der Waals surface area contributed by atoms with Crippen LogP contribution in [0.2, 0.25) is 5.02 Å². The van der Waals surface area contributed by atoms with E-state index in [2.05, 4.69) is 20.5 Å². The van der Waals surface area contributed by atoms with E-state index in [-0.39, 0.29) is 22.4 Å². The molecule has 0 aliphatic carbocycles. The number of aromatic nitrogens is 4. The van der Waals surface area contributed by atoms with Crippen molar-refractivity contribution in [3.63, 3.8) is 0 Å². The number of pyridine rings is 1. The lowest BCUT2D eigenvalue weighted by Gasteiger charge is -2.07. The molecule has 128 valence electrons. The molecule has 1 N–H and O–H groups in total. The quantitative estimate of drug-likeness (QED) is 0.690. The van der Waals surface area contributed by atoms with Crippen LogP contribution in [0.5, 0.6) is 0 Å². The highest BCUT2D eigenvalue weighted by Crippen LogP contribution is 2.23. The zero-order chi connectivity index (χ0) is 17.8. The van der Waals surface area contributed by atoms with E-state index in [1.807, 2.05) is 19.2 Å². The zero-order valence-electron chi connectivity index (χ0n) is 13.1.